The summed E-state index contributed by atoms with van der Waals surface area (Å²) in [5.74, 6) is 0. The Labute approximate surface area is 158 Å². The molecule has 0 spiro atoms. The van der Waals surface area contributed by atoms with E-state index in [-0.39, 0.29) is 0 Å². The first-order valence-corrected chi connectivity index (χ1v) is 13.4. The third-order valence-electron chi connectivity index (χ3n) is 4.57. The van der Waals surface area contributed by atoms with Gasteiger partial charge in [0.1, 0.15) is 0 Å². The molecule has 122 valence electrons. The Kier molecular flexibility index (Phi) is 5.22. The van der Waals surface area contributed by atoms with E-state index >= 15 is 0 Å². The summed E-state index contributed by atoms with van der Waals surface area (Å²) in [7, 11) is 0. The van der Waals surface area contributed by atoms with Gasteiger partial charge < -0.3 is 0 Å². The van der Waals surface area contributed by atoms with Crippen LogP contribution in [0.3, 0.4) is 0 Å². The molecular formula is C22H22IP. The second-order valence-electron chi connectivity index (χ2n) is 5.94. The topological polar surface area (TPSA) is 0 Å². The average Bonchev–Trinajstić information content (AvgIpc) is 2.68. The summed E-state index contributed by atoms with van der Waals surface area (Å²) in [6.07, 6.45) is 5.53. The van der Waals surface area contributed by atoms with Gasteiger partial charge in [0.2, 0.25) is 0 Å². The number of benzene rings is 3. The fraction of sp³-hybridized carbons (Fsp3) is 0.0909. The van der Waals surface area contributed by atoms with Crippen molar-refractivity contribution in [1.82, 2.24) is 0 Å². The third kappa shape index (κ3) is 2.85. The second kappa shape index (κ2) is 7.21. The predicted octanol–water partition coefficient (Wildman–Crippen LogP) is 5.44. The summed E-state index contributed by atoms with van der Waals surface area (Å²) in [4.78, 5) is 0. The zero-order chi connectivity index (χ0) is 16.9. The van der Waals surface area contributed by atoms with Crippen LogP contribution < -0.4 is 15.9 Å². The Bertz CT molecular complexity index is 711. The molecule has 0 amide bonds. The maximum absolute atomic E-state index is 2.81. The molecule has 0 N–H and O–H groups in total. The molecule has 3 aromatic rings. The van der Waals surface area contributed by atoms with Crippen molar-refractivity contribution < 1.29 is 0 Å². The molecule has 0 aliphatic heterocycles. The van der Waals surface area contributed by atoms with Crippen molar-refractivity contribution in [3.05, 3.63) is 103 Å². The molecule has 24 heavy (non-hydrogen) atoms. The first-order chi connectivity index (χ1) is 11.7. The van der Waals surface area contributed by atoms with Crippen molar-refractivity contribution >= 4 is 42.2 Å². The van der Waals surface area contributed by atoms with Crippen LogP contribution in [0.4, 0.5) is 0 Å². The quantitative estimate of drug-likeness (QED) is 0.279. The van der Waals surface area contributed by atoms with E-state index < -0.39 is 4.25 Å². The normalized spacial score (nSPS) is 13.5. The van der Waals surface area contributed by atoms with Crippen LogP contribution in [-0.4, -0.2) is 6.16 Å². The van der Waals surface area contributed by atoms with Crippen molar-refractivity contribution in [1.29, 1.82) is 0 Å². The molecule has 0 saturated heterocycles. The van der Waals surface area contributed by atoms with Crippen molar-refractivity contribution in [2.75, 3.05) is 6.16 Å². The summed E-state index contributed by atoms with van der Waals surface area (Å²) >= 11 is 2.81. The van der Waals surface area contributed by atoms with Crippen molar-refractivity contribution in [2.45, 2.75) is 6.92 Å². The van der Waals surface area contributed by atoms with E-state index in [1.165, 1.54) is 15.9 Å². The molecule has 0 unspecified atom stereocenters. The average molecular weight is 444 g/mol. The van der Waals surface area contributed by atoms with Crippen LogP contribution >= 0.6 is 26.3 Å². The van der Waals surface area contributed by atoms with Gasteiger partial charge >= 0.3 is 158 Å². The minimum atomic E-state index is -2.57. The number of hydrogen-bond donors (Lipinski definition) is 0. The molecule has 3 aromatic carbocycles. The molecule has 0 bridgehead atoms. The molecule has 0 aliphatic rings. The Morgan fingerprint density at radius 1 is 0.667 bits per heavy atom. The van der Waals surface area contributed by atoms with Gasteiger partial charge in [0.25, 0.3) is 0 Å². The zero-order valence-corrected chi connectivity index (χ0v) is 16.9. The van der Waals surface area contributed by atoms with Crippen molar-refractivity contribution in [3.63, 3.8) is 0 Å². The third-order valence-corrected chi connectivity index (χ3v) is 15.8. The standard InChI is InChI=1S/C22H22IP/c1-2-3-19-24(23,20-13-7-4-8-14-20,21-15-9-5-10-16-21)22-17-11-6-12-18-22/h2-18H,19H2,1H3. The Morgan fingerprint density at radius 2 is 1.00 bits per heavy atom. The zero-order valence-electron chi connectivity index (χ0n) is 13.8. The van der Waals surface area contributed by atoms with E-state index in [1.807, 2.05) is 0 Å². The Balaban J connectivity index is 2.42. The van der Waals surface area contributed by atoms with Crippen molar-refractivity contribution in [3.8, 4) is 0 Å². The number of rotatable bonds is 5. The van der Waals surface area contributed by atoms with Gasteiger partial charge in [-0.1, -0.05) is 0 Å². The van der Waals surface area contributed by atoms with E-state index in [2.05, 4.69) is 132 Å². The number of allylic oxidation sites excluding steroid dienone is 2. The van der Waals surface area contributed by atoms with Gasteiger partial charge in [0.05, 0.1) is 0 Å². The van der Waals surface area contributed by atoms with Crippen molar-refractivity contribution in [2.24, 2.45) is 0 Å². The molecule has 0 heterocycles. The van der Waals surface area contributed by atoms with E-state index in [0.29, 0.717) is 0 Å². The van der Waals surface area contributed by atoms with Gasteiger partial charge in [0.15, 0.2) is 0 Å². The predicted molar refractivity (Wildman–Crippen MR) is 119 cm³/mol. The van der Waals surface area contributed by atoms with Crippen LogP contribution in [0.5, 0.6) is 0 Å². The molecule has 3 rings (SSSR count). The molecule has 0 aliphatic carbocycles. The number of halogens is 1. The van der Waals surface area contributed by atoms with E-state index in [0.717, 1.165) is 6.16 Å². The molecule has 0 radical (unpaired) electrons. The van der Waals surface area contributed by atoms with Gasteiger partial charge in [-0.15, -0.1) is 0 Å². The van der Waals surface area contributed by atoms with Gasteiger partial charge in [0, 0.05) is 0 Å². The summed E-state index contributed by atoms with van der Waals surface area (Å²) in [6, 6.07) is 33.1. The van der Waals surface area contributed by atoms with Gasteiger partial charge in [-0.25, -0.2) is 0 Å². The Morgan fingerprint density at radius 3 is 1.29 bits per heavy atom. The molecule has 0 nitrogen and oxygen atoms in total. The van der Waals surface area contributed by atoms with Gasteiger partial charge in [-0.3, -0.25) is 0 Å². The molecule has 0 atom stereocenters. The molecule has 0 aromatic heterocycles. The van der Waals surface area contributed by atoms with Gasteiger partial charge in [-0.05, 0) is 0 Å². The maximum atomic E-state index is 2.81. The first-order valence-electron chi connectivity index (χ1n) is 8.21. The van der Waals surface area contributed by atoms with Crippen LogP contribution in [0.25, 0.3) is 0 Å². The fourth-order valence-corrected chi connectivity index (χ4v) is 11.4. The van der Waals surface area contributed by atoms with E-state index in [9.17, 15) is 0 Å². The molecular weight excluding hydrogens is 422 g/mol. The fourth-order valence-electron chi connectivity index (χ4n) is 3.28. The monoisotopic (exact) mass is 444 g/mol. The summed E-state index contributed by atoms with van der Waals surface area (Å²) in [5.41, 5.74) is 0. The first kappa shape index (κ1) is 17.4. The van der Waals surface area contributed by atoms with Crippen LogP contribution in [-0.2, 0) is 0 Å². The van der Waals surface area contributed by atoms with Crippen LogP contribution in [0.2, 0.25) is 0 Å². The SMILES string of the molecule is CC=CCP(I)(c1ccccc1)(c1ccccc1)c1ccccc1. The van der Waals surface area contributed by atoms with E-state index in [4.69, 9.17) is 0 Å². The summed E-state index contributed by atoms with van der Waals surface area (Å²) in [5, 5.41) is 4.29. The summed E-state index contributed by atoms with van der Waals surface area (Å²) < 4.78 is -2.57. The molecule has 0 fully saturated rings. The van der Waals surface area contributed by atoms with E-state index in [1.54, 1.807) is 0 Å². The molecule has 0 saturated carbocycles. The van der Waals surface area contributed by atoms with Crippen LogP contribution in [0.1, 0.15) is 6.92 Å². The molecule has 2 heteroatoms. The number of hydrogen-bond acceptors (Lipinski definition) is 0. The second-order valence-corrected chi connectivity index (χ2v) is 16.6. The minimum absolute atomic E-state index is 1.03. The van der Waals surface area contributed by atoms with Crippen LogP contribution in [0, 0.1) is 0 Å². The van der Waals surface area contributed by atoms with Crippen LogP contribution in [0.15, 0.2) is 103 Å². The summed E-state index contributed by atoms with van der Waals surface area (Å²) in [6.45, 7) is 2.11. The Hall–Kier alpha value is -1.44. The van der Waals surface area contributed by atoms with Gasteiger partial charge in [-0.2, -0.15) is 0 Å².